The first-order valence-electron chi connectivity index (χ1n) is 5.75. The minimum Gasteiger partial charge on any atom is -0.327 e. The zero-order valence-corrected chi connectivity index (χ0v) is 9.74. The van der Waals surface area contributed by atoms with Crippen LogP contribution in [0.15, 0.2) is 30.5 Å². The Morgan fingerprint density at radius 3 is 2.71 bits per heavy atom. The van der Waals surface area contributed by atoms with Gasteiger partial charge in [-0.25, -0.2) is 0 Å². The van der Waals surface area contributed by atoms with E-state index in [2.05, 4.69) is 0 Å². The third kappa shape index (κ3) is 2.31. The van der Waals surface area contributed by atoms with Crippen molar-refractivity contribution in [2.24, 2.45) is 5.73 Å². The number of rotatable bonds is 4. The van der Waals surface area contributed by atoms with Crippen LogP contribution in [-0.2, 0) is 6.42 Å². The number of hydrogen-bond donors (Lipinski definition) is 1. The number of para-hydroxylation sites is 1. The van der Waals surface area contributed by atoms with E-state index >= 15 is 0 Å². The molecule has 2 aromatic rings. The summed E-state index contributed by atoms with van der Waals surface area (Å²) in [7, 11) is 0. The van der Waals surface area contributed by atoms with Gasteiger partial charge >= 0.3 is 6.55 Å². The third-order valence-electron chi connectivity index (χ3n) is 3.04. The second kappa shape index (κ2) is 4.84. The second-order valence-electron chi connectivity index (χ2n) is 4.23. The van der Waals surface area contributed by atoms with Crippen LogP contribution >= 0.6 is 0 Å². The summed E-state index contributed by atoms with van der Waals surface area (Å²) in [6.45, 7) is -0.511. The summed E-state index contributed by atoms with van der Waals surface area (Å²) in [6, 6.07) is 7.33. The van der Waals surface area contributed by atoms with Gasteiger partial charge in [-0.15, -0.1) is 0 Å². The van der Waals surface area contributed by atoms with E-state index in [-0.39, 0.29) is 6.04 Å². The first-order chi connectivity index (χ1) is 8.13. The molecule has 0 radical (unpaired) electrons. The van der Waals surface area contributed by atoms with Crippen LogP contribution in [0.4, 0.5) is 8.78 Å². The number of halogens is 2. The lowest BCUT2D eigenvalue weighted by Crippen LogP contribution is -2.21. The monoisotopic (exact) mass is 238 g/mol. The molecule has 1 unspecified atom stereocenters. The van der Waals surface area contributed by atoms with Crippen LogP contribution in [0.5, 0.6) is 0 Å². The number of benzene rings is 1. The van der Waals surface area contributed by atoms with Crippen LogP contribution in [0.25, 0.3) is 10.9 Å². The molecule has 2 N–H and O–H groups in total. The Balaban J connectivity index is 2.50. The summed E-state index contributed by atoms with van der Waals surface area (Å²) in [5, 5.41) is 0.839. The van der Waals surface area contributed by atoms with Gasteiger partial charge in [-0.3, -0.25) is 4.57 Å². The largest absolute Gasteiger partial charge is 0.327 e. The van der Waals surface area contributed by atoms with E-state index in [4.69, 9.17) is 5.73 Å². The molecule has 0 aliphatic rings. The number of nitrogens with two attached hydrogens (primary N) is 1. The molecule has 0 aliphatic carbocycles. The predicted octanol–water partition coefficient (Wildman–Crippen LogP) is 3.32. The lowest BCUT2D eigenvalue weighted by atomic mass is 10.0. The Bertz CT molecular complexity index is 505. The van der Waals surface area contributed by atoms with Gasteiger partial charge in [0.25, 0.3) is 0 Å². The molecule has 0 saturated heterocycles. The average Bonchev–Trinajstić information content (AvgIpc) is 2.73. The van der Waals surface area contributed by atoms with Crippen molar-refractivity contribution in [3.05, 3.63) is 36.0 Å². The topological polar surface area (TPSA) is 30.9 Å². The number of aromatic nitrogens is 1. The summed E-state index contributed by atoms with van der Waals surface area (Å²) < 4.78 is 26.7. The minimum atomic E-state index is -2.51. The van der Waals surface area contributed by atoms with Gasteiger partial charge in [0.1, 0.15) is 0 Å². The van der Waals surface area contributed by atoms with Crippen molar-refractivity contribution in [2.75, 3.05) is 0 Å². The van der Waals surface area contributed by atoms with Crippen molar-refractivity contribution in [1.82, 2.24) is 4.57 Å². The molecule has 1 heterocycles. The predicted molar refractivity (Wildman–Crippen MR) is 65.2 cm³/mol. The standard InChI is InChI=1S/C13H16F2N2/c1-2-11(16)8-10-5-3-4-9-6-7-17(12(9)10)13(14)15/h3-7,11,13H,2,8,16H2,1H3. The summed E-state index contributed by atoms with van der Waals surface area (Å²) >= 11 is 0. The van der Waals surface area contributed by atoms with E-state index in [0.29, 0.717) is 11.9 Å². The van der Waals surface area contributed by atoms with Gasteiger partial charge in [0.05, 0.1) is 5.52 Å². The van der Waals surface area contributed by atoms with Gasteiger partial charge in [-0.05, 0) is 24.5 Å². The van der Waals surface area contributed by atoms with Crippen molar-refractivity contribution in [3.63, 3.8) is 0 Å². The van der Waals surface area contributed by atoms with Crippen LogP contribution in [0, 0.1) is 0 Å². The average molecular weight is 238 g/mol. The third-order valence-corrected chi connectivity index (χ3v) is 3.04. The molecule has 0 spiro atoms. The van der Waals surface area contributed by atoms with Crippen LogP contribution in [-0.4, -0.2) is 10.6 Å². The van der Waals surface area contributed by atoms with Gasteiger partial charge in [0, 0.05) is 17.6 Å². The highest BCUT2D eigenvalue weighted by atomic mass is 19.3. The van der Waals surface area contributed by atoms with Crippen LogP contribution in [0.3, 0.4) is 0 Å². The molecule has 1 aromatic carbocycles. The molecular formula is C13H16F2N2. The van der Waals surface area contributed by atoms with E-state index in [1.165, 1.54) is 6.20 Å². The molecule has 0 fully saturated rings. The lowest BCUT2D eigenvalue weighted by molar-refractivity contribution is 0.0751. The number of fused-ring (bicyclic) bond motifs is 1. The smallest absolute Gasteiger partial charge is 0.319 e. The van der Waals surface area contributed by atoms with Crippen LogP contribution < -0.4 is 5.73 Å². The molecule has 1 aromatic heterocycles. The van der Waals surface area contributed by atoms with Crippen molar-refractivity contribution in [1.29, 1.82) is 0 Å². The molecule has 0 amide bonds. The minimum absolute atomic E-state index is 0.0154. The molecular weight excluding hydrogens is 222 g/mol. The maximum atomic E-state index is 12.9. The maximum absolute atomic E-state index is 12.9. The fourth-order valence-corrected chi connectivity index (χ4v) is 2.05. The van der Waals surface area contributed by atoms with Gasteiger partial charge in [-0.1, -0.05) is 25.1 Å². The highest BCUT2D eigenvalue weighted by molar-refractivity contribution is 5.83. The molecule has 1 atom stereocenters. The Kier molecular flexibility index (Phi) is 3.43. The van der Waals surface area contributed by atoms with Crippen molar-refractivity contribution >= 4 is 10.9 Å². The fourth-order valence-electron chi connectivity index (χ4n) is 2.05. The molecule has 4 heteroatoms. The number of hydrogen-bond acceptors (Lipinski definition) is 1. The molecule has 0 aliphatic heterocycles. The Morgan fingerprint density at radius 2 is 2.06 bits per heavy atom. The zero-order chi connectivity index (χ0) is 12.4. The normalized spacial score (nSPS) is 13.5. The maximum Gasteiger partial charge on any atom is 0.319 e. The summed E-state index contributed by atoms with van der Waals surface area (Å²) in [5.41, 5.74) is 7.39. The fraction of sp³-hybridized carbons (Fsp3) is 0.385. The summed E-state index contributed by atoms with van der Waals surface area (Å²) in [6.07, 6.45) is 2.90. The van der Waals surface area contributed by atoms with Crippen LogP contribution in [0.2, 0.25) is 0 Å². The SMILES string of the molecule is CCC(N)Cc1cccc2ccn(C(F)F)c12. The van der Waals surface area contributed by atoms with Crippen molar-refractivity contribution in [2.45, 2.75) is 32.4 Å². The van der Waals surface area contributed by atoms with E-state index in [1.807, 2.05) is 25.1 Å². The Morgan fingerprint density at radius 1 is 1.29 bits per heavy atom. The highest BCUT2D eigenvalue weighted by Gasteiger charge is 2.13. The van der Waals surface area contributed by atoms with Gasteiger partial charge in [0.2, 0.25) is 0 Å². The molecule has 2 nitrogen and oxygen atoms in total. The first kappa shape index (κ1) is 12.0. The molecule has 92 valence electrons. The summed E-state index contributed by atoms with van der Waals surface area (Å²) in [5.74, 6) is 0. The van der Waals surface area contributed by atoms with Gasteiger partial charge in [-0.2, -0.15) is 8.78 Å². The molecule has 17 heavy (non-hydrogen) atoms. The van der Waals surface area contributed by atoms with Gasteiger partial charge < -0.3 is 5.73 Å². The Hall–Kier alpha value is -1.42. The Labute approximate surface area is 99.0 Å². The van der Waals surface area contributed by atoms with E-state index in [1.54, 1.807) is 6.07 Å². The summed E-state index contributed by atoms with van der Waals surface area (Å²) in [4.78, 5) is 0. The first-order valence-corrected chi connectivity index (χ1v) is 5.75. The number of nitrogens with zero attached hydrogens (tertiary/aromatic N) is 1. The van der Waals surface area contributed by atoms with E-state index in [0.717, 1.165) is 21.9 Å². The number of alkyl halides is 2. The van der Waals surface area contributed by atoms with Crippen LogP contribution in [0.1, 0.15) is 25.5 Å². The van der Waals surface area contributed by atoms with Crippen molar-refractivity contribution in [3.8, 4) is 0 Å². The molecule has 0 saturated carbocycles. The van der Waals surface area contributed by atoms with Gasteiger partial charge in [0.15, 0.2) is 0 Å². The highest BCUT2D eigenvalue weighted by Crippen LogP contribution is 2.26. The van der Waals surface area contributed by atoms with E-state index < -0.39 is 6.55 Å². The molecule has 2 rings (SSSR count). The molecule has 0 bridgehead atoms. The zero-order valence-electron chi connectivity index (χ0n) is 9.74. The second-order valence-corrected chi connectivity index (χ2v) is 4.23. The lowest BCUT2D eigenvalue weighted by Gasteiger charge is -2.12. The van der Waals surface area contributed by atoms with E-state index in [9.17, 15) is 8.78 Å². The van der Waals surface area contributed by atoms with Crippen molar-refractivity contribution < 1.29 is 8.78 Å². The quantitative estimate of drug-likeness (QED) is 0.870.